The highest BCUT2D eigenvalue weighted by Crippen LogP contribution is 2.29. The fourth-order valence-electron chi connectivity index (χ4n) is 3.87. The summed E-state index contributed by atoms with van der Waals surface area (Å²) in [5, 5.41) is 4.79. The van der Waals surface area contributed by atoms with Crippen LogP contribution in [0.3, 0.4) is 0 Å². The summed E-state index contributed by atoms with van der Waals surface area (Å²) in [4.78, 5) is 35.5. The van der Waals surface area contributed by atoms with Crippen LogP contribution in [0.1, 0.15) is 47.0 Å². The number of thiophene rings is 1. The normalized spacial score (nSPS) is 14.6. The van der Waals surface area contributed by atoms with E-state index in [9.17, 15) is 9.59 Å². The number of hydrogen-bond acceptors (Lipinski definition) is 5. The highest BCUT2D eigenvalue weighted by Gasteiger charge is 2.31. The topological polar surface area (TPSA) is 53.5 Å². The first-order valence-electron chi connectivity index (χ1n) is 10.3. The van der Waals surface area contributed by atoms with Crippen molar-refractivity contribution in [2.24, 2.45) is 0 Å². The molecule has 0 bridgehead atoms. The third-order valence-electron chi connectivity index (χ3n) is 5.39. The maximum absolute atomic E-state index is 13.2. The highest BCUT2D eigenvalue weighted by molar-refractivity contribution is 7.20. The second-order valence-electron chi connectivity index (χ2n) is 7.40. The Bertz CT molecular complexity index is 977. The molecule has 0 aliphatic carbocycles. The molecule has 0 spiro atoms. The molecule has 1 aromatic carbocycles. The predicted molar refractivity (Wildman–Crippen MR) is 122 cm³/mol. The summed E-state index contributed by atoms with van der Waals surface area (Å²) < 4.78 is 0. The molecule has 0 atom stereocenters. The minimum absolute atomic E-state index is 0.00346. The van der Waals surface area contributed by atoms with E-state index >= 15 is 0 Å². The van der Waals surface area contributed by atoms with Crippen molar-refractivity contribution in [3.8, 4) is 9.88 Å². The zero-order valence-corrected chi connectivity index (χ0v) is 18.6. The van der Waals surface area contributed by atoms with E-state index in [0.717, 1.165) is 34.7 Å². The van der Waals surface area contributed by atoms with Crippen LogP contribution in [0.5, 0.6) is 0 Å². The zero-order chi connectivity index (χ0) is 20.9. The molecule has 30 heavy (non-hydrogen) atoms. The van der Waals surface area contributed by atoms with Gasteiger partial charge in [0.25, 0.3) is 11.8 Å². The molecule has 2 aromatic heterocycles. The lowest BCUT2D eigenvalue weighted by atomic mass is 10.0. The molecule has 0 N–H and O–H groups in total. The summed E-state index contributed by atoms with van der Waals surface area (Å²) in [6.45, 7) is 4.14. The quantitative estimate of drug-likeness (QED) is 0.541. The van der Waals surface area contributed by atoms with Crippen LogP contribution in [0.2, 0.25) is 0 Å². The minimum Gasteiger partial charge on any atom is -0.338 e. The van der Waals surface area contributed by atoms with Gasteiger partial charge in [-0.2, -0.15) is 0 Å². The first kappa shape index (κ1) is 20.8. The third-order valence-corrected chi connectivity index (χ3v) is 7.28. The second kappa shape index (κ2) is 9.53. The van der Waals surface area contributed by atoms with Crippen LogP contribution in [0.25, 0.3) is 9.88 Å². The average Bonchev–Trinajstić information content (AvgIpc) is 3.49. The lowest BCUT2D eigenvalue weighted by molar-refractivity contribution is 0.0516. The van der Waals surface area contributed by atoms with E-state index in [1.807, 2.05) is 63.0 Å². The fraction of sp³-hybridized carbons (Fsp3) is 0.348. The standard InChI is InChI=1S/C23H25N3O2S2/c1-2-12-26(23(28)19-16-30-21(24-19)20-9-6-15-29-20)18-10-13-25(14-11-18)22(27)17-7-4-3-5-8-17/h3-9,15-16,18H,2,10-14H2,1H3. The van der Waals surface area contributed by atoms with Gasteiger partial charge in [-0.15, -0.1) is 22.7 Å². The van der Waals surface area contributed by atoms with E-state index < -0.39 is 0 Å². The van der Waals surface area contributed by atoms with Gasteiger partial charge in [-0.05, 0) is 42.8 Å². The molecule has 1 aliphatic rings. The summed E-state index contributed by atoms with van der Waals surface area (Å²) in [7, 11) is 0. The van der Waals surface area contributed by atoms with Crippen molar-refractivity contribution in [3.05, 3.63) is 64.5 Å². The molecule has 1 aliphatic heterocycles. The SMILES string of the molecule is CCCN(C(=O)c1csc(-c2cccs2)n1)C1CCN(C(=O)c2ccccc2)CC1. The van der Waals surface area contributed by atoms with Gasteiger partial charge in [0, 0.05) is 36.6 Å². The summed E-state index contributed by atoms with van der Waals surface area (Å²) in [5.74, 6) is 0.0752. The number of thiazole rings is 1. The Morgan fingerprint density at radius 3 is 2.53 bits per heavy atom. The average molecular weight is 440 g/mol. The smallest absolute Gasteiger partial charge is 0.273 e. The van der Waals surface area contributed by atoms with Crippen molar-refractivity contribution in [2.75, 3.05) is 19.6 Å². The minimum atomic E-state index is 0.00346. The maximum Gasteiger partial charge on any atom is 0.273 e. The van der Waals surface area contributed by atoms with Crippen molar-refractivity contribution in [1.82, 2.24) is 14.8 Å². The molecular weight excluding hydrogens is 414 g/mol. The van der Waals surface area contributed by atoms with Gasteiger partial charge in [-0.3, -0.25) is 9.59 Å². The lowest BCUT2D eigenvalue weighted by Gasteiger charge is -2.38. The van der Waals surface area contributed by atoms with Crippen molar-refractivity contribution in [2.45, 2.75) is 32.2 Å². The number of aromatic nitrogens is 1. The summed E-state index contributed by atoms with van der Waals surface area (Å²) in [5.41, 5.74) is 1.25. The maximum atomic E-state index is 13.2. The first-order chi connectivity index (χ1) is 14.7. The molecular formula is C23H25N3O2S2. The number of carbonyl (C=O) groups is 2. The van der Waals surface area contributed by atoms with Crippen molar-refractivity contribution in [3.63, 3.8) is 0 Å². The number of hydrogen-bond donors (Lipinski definition) is 0. The Morgan fingerprint density at radius 1 is 1.10 bits per heavy atom. The summed E-state index contributed by atoms with van der Waals surface area (Å²) in [6.07, 6.45) is 2.50. The third kappa shape index (κ3) is 4.47. The van der Waals surface area contributed by atoms with Crippen LogP contribution >= 0.6 is 22.7 Å². The van der Waals surface area contributed by atoms with Gasteiger partial charge in [-0.25, -0.2) is 4.98 Å². The molecule has 1 saturated heterocycles. The van der Waals surface area contributed by atoms with Crippen LogP contribution in [0.4, 0.5) is 0 Å². The molecule has 7 heteroatoms. The zero-order valence-electron chi connectivity index (χ0n) is 17.0. The van der Waals surface area contributed by atoms with E-state index in [1.54, 1.807) is 11.3 Å². The molecule has 156 valence electrons. The van der Waals surface area contributed by atoms with Crippen LogP contribution in [-0.2, 0) is 0 Å². The number of likely N-dealkylation sites (tertiary alicyclic amines) is 1. The molecule has 0 unspecified atom stereocenters. The molecule has 4 rings (SSSR count). The van der Waals surface area contributed by atoms with E-state index in [0.29, 0.717) is 25.3 Å². The Labute approximate surface area is 185 Å². The number of carbonyl (C=O) groups excluding carboxylic acids is 2. The molecule has 5 nitrogen and oxygen atoms in total. The van der Waals surface area contributed by atoms with E-state index in [-0.39, 0.29) is 17.9 Å². The van der Waals surface area contributed by atoms with Gasteiger partial charge in [0.15, 0.2) is 0 Å². The number of nitrogens with zero attached hydrogens (tertiary/aromatic N) is 3. The summed E-state index contributed by atoms with van der Waals surface area (Å²) in [6, 6.07) is 13.6. The number of piperidine rings is 1. The lowest BCUT2D eigenvalue weighted by Crippen LogP contribution is -2.49. The molecule has 3 aromatic rings. The number of amides is 2. The largest absolute Gasteiger partial charge is 0.338 e. The van der Waals surface area contributed by atoms with E-state index in [1.165, 1.54) is 11.3 Å². The van der Waals surface area contributed by atoms with Gasteiger partial charge in [0.1, 0.15) is 10.7 Å². The summed E-state index contributed by atoms with van der Waals surface area (Å²) >= 11 is 3.15. The van der Waals surface area contributed by atoms with Gasteiger partial charge in [0.05, 0.1) is 4.88 Å². The van der Waals surface area contributed by atoms with Crippen LogP contribution < -0.4 is 0 Å². The number of benzene rings is 1. The molecule has 3 heterocycles. The van der Waals surface area contributed by atoms with Gasteiger partial charge in [0.2, 0.25) is 0 Å². The number of rotatable bonds is 6. The predicted octanol–water partition coefficient (Wildman–Crippen LogP) is 5.03. The Hall–Kier alpha value is -2.51. The fourth-order valence-corrected chi connectivity index (χ4v) is 5.48. The second-order valence-corrected chi connectivity index (χ2v) is 9.21. The molecule has 0 saturated carbocycles. The van der Waals surface area contributed by atoms with Gasteiger partial charge >= 0.3 is 0 Å². The van der Waals surface area contributed by atoms with Crippen molar-refractivity contribution < 1.29 is 9.59 Å². The van der Waals surface area contributed by atoms with Crippen LogP contribution in [-0.4, -0.2) is 52.3 Å². The van der Waals surface area contributed by atoms with Crippen molar-refractivity contribution >= 4 is 34.5 Å². The van der Waals surface area contributed by atoms with Crippen molar-refractivity contribution in [1.29, 1.82) is 0 Å². The van der Waals surface area contributed by atoms with Crippen LogP contribution in [0.15, 0.2) is 53.2 Å². The Morgan fingerprint density at radius 2 is 1.87 bits per heavy atom. The highest BCUT2D eigenvalue weighted by atomic mass is 32.1. The first-order valence-corrected chi connectivity index (χ1v) is 12.1. The Kier molecular flexibility index (Phi) is 6.59. The van der Waals surface area contributed by atoms with Crippen LogP contribution in [0, 0.1) is 0 Å². The van der Waals surface area contributed by atoms with Gasteiger partial charge < -0.3 is 9.80 Å². The van der Waals surface area contributed by atoms with E-state index in [2.05, 4.69) is 11.9 Å². The monoisotopic (exact) mass is 439 g/mol. The Balaban J connectivity index is 1.42. The van der Waals surface area contributed by atoms with E-state index in [4.69, 9.17) is 0 Å². The molecule has 1 fully saturated rings. The molecule has 0 radical (unpaired) electrons. The van der Waals surface area contributed by atoms with Gasteiger partial charge in [-0.1, -0.05) is 31.2 Å². The molecule has 2 amide bonds.